The van der Waals surface area contributed by atoms with Crippen LogP contribution >= 0.6 is 0 Å². The lowest BCUT2D eigenvalue weighted by Crippen LogP contribution is -2.62. The first-order valence-corrected chi connectivity index (χ1v) is 34.2. The van der Waals surface area contributed by atoms with E-state index in [-0.39, 0.29) is 39.2 Å². The van der Waals surface area contributed by atoms with Gasteiger partial charge in [0.05, 0.1) is 16.7 Å². The van der Waals surface area contributed by atoms with Crippen molar-refractivity contribution in [3.63, 3.8) is 0 Å². The molecule has 4 heteroatoms. The maximum absolute atomic E-state index is 2.68. The number of nitrogens with zero attached hydrogens (tertiary/aromatic N) is 3. The summed E-state index contributed by atoms with van der Waals surface area (Å²) in [5, 5.41) is 2.53. The zero-order valence-electron chi connectivity index (χ0n) is 58.9. The number of hydrogen-bond acceptors (Lipinski definition) is 2. The minimum Gasteiger partial charge on any atom is -0.311 e. The highest BCUT2D eigenvalue weighted by molar-refractivity contribution is 7.00. The van der Waals surface area contributed by atoms with E-state index in [9.17, 15) is 0 Å². The molecule has 11 aromatic carbocycles. The zero-order valence-corrected chi connectivity index (χ0v) is 58.9. The quantitative estimate of drug-likeness (QED) is 0.147. The fraction of sp³-hybridized carbons (Fsp3) is 0.267. The van der Waals surface area contributed by atoms with Crippen molar-refractivity contribution in [1.29, 1.82) is 0 Å². The van der Waals surface area contributed by atoms with Gasteiger partial charge in [-0.05, 0) is 200 Å². The van der Waals surface area contributed by atoms with Crippen LogP contribution in [-0.2, 0) is 32.5 Å². The lowest BCUT2D eigenvalue weighted by Gasteiger charge is -2.46. The minimum atomic E-state index is -0.219. The van der Waals surface area contributed by atoms with Crippen molar-refractivity contribution in [1.82, 2.24) is 4.57 Å². The molecule has 0 fully saturated rings. The topological polar surface area (TPSA) is 11.4 Å². The van der Waals surface area contributed by atoms with E-state index in [1.54, 1.807) is 0 Å². The van der Waals surface area contributed by atoms with E-state index in [0.29, 0.717) is 0 Å². The number of hydrogen-bond donors (Lipinski definition) is 0. The number of anilines is 6. The van der Waals surface area contributed by atoms with Gasteiger partial charge in [0.15, 0.2) is 0 Å². The molecule has 0 unspecified atom stereocenters. The van der Waals surface area contributed by atoms with E-state index in [1.165, 1.54) is 127 Å². The maximum Gasteiger partial charge on any atom is 0.252 e. The van der Waals surface area contributed by atoms with Gasteiger partial charge in [-0.15, -0.1) is 0 Å². The summed E-state index contributed by atoms with van der Waals surface area (Å²) in [4.78, 5) is 5.36. The van der Waals surface area contributed by atoms with E-state index in [1.807, 2.05) is 0 Å². The minimum absolute atomic E-state index is 0.0593. The first kappa shape index (κ1) is 62.3. The summed E-state index contributed by atoms with van der Waals surface area (Å²) >= 11 is 0. The molecule has 470 valence electrons. The van der Waals surface area contributed by atoms with Crippen molar-refractivity contribution < 1.29 is 0 Å². The molecule has 0 N–H and O–H groups in total. The van der Waals surface area contributed by atoms with Gasteiger partial charge < -0.3 is 14.4 Å². The Morgan fingerprint density at radius 1 is 0.255 bits per heavy atom. The first-order chi connectivity index (χ1) is 44.4. The molecule has 0 atom stereocenters. The smallest absolute Gasteiger partial charge is 0.252 e. The Bertz CT molecular complexity index is 4620. The van der Waals surface area contributed by atoms with Gasteiger partial charge >= 0.3 is 0 Å². The fourth-order valence-electron chi connectivity index (χ4n) is 15.3. The summed E-state index contributed by atoms with van der Waals surface area (Å²) in [6, 6.07) is 89.4. The van der Waals surface area contributed by atoms with Gasteiger partial charge in [0.2, 0.25) is 0 Å². The highest BCUT2D eigenvalue weighted by atomic mass is 15.2. The van der Waals surface area contributed by atoms with Crippen LogP contribution < -0.4 is 26.2 Å². The predicted molar refractivity (Wildman–Crippen MR) is 409 cm³/mol. The molecule has 1 aromatic heterocycles. The van der Waals surface area contributed by atoms with Crippen molar-refractivity contribution in [3.05, 3.63) is 264 Å². The van der Waals surface area contributed by atoms with Crippen molar-refractivity contribution >= 4 is 79.0 Å². The molecule has 2 aliphatic rings. The second-order valence-electron chi connectivity index (χ2n) is 33.1. The first-order valence-electron chi connectivity index (χ1n) is 34.2. The zero-order chi connectivity index (χ0) is 66.3. The van der Waals surface area contributed by atoms with Crippen LogP contribution in [0.5, 0.6) is 0 Å². The second-order valence-corrected chi connectivity index (χ2v) is 33.1. The fourth-order valence-corrected chi connectivity index (χ4v) is 15.3. The Morgan fingerprint density at radius 2 is 0.574 bits per heavy atom. The molecule has 0 spiro atoms. The predicted octanol–water partition coefficient (Wildman–Crippen LogP) is 23.3. The number of rotatable bonds is 7. The van der Waals surface area contributed by atoms with Crippen molar-refractivity contribution in [2.75, 3.05) is 9.80 Å². The third kappa shape index (κ3) is 10.8. The van der Waals surface area contributed by atoms with Crippen LogP contribution in [0.15, 0.2) is 231 Å². The summed E-state index contributed by atoms with van der Waals surface area (Å²) in [5.74, 6) is 0. The van der Waals surface area contributed by atoms with Gasteiger partial charge in [-0.25, -0.2) is 0 Å². The lowest BCUT2D eigenvalue weighted by atomic mass is 9.33. The SMILES string of the molecule is CC(C)(C)c1ccc2c(c1)c1cc(C(C)(C)C)ccc1n2-c1cc2c3c(c1)N(c1ccc(C(C)(C)C)c(-c4ccccc4)c1)c1cc(-c4ccccc4)c(C(C)(C)C)cc1B3c1cc(C(C)(C)C)c(-c3ccccc3)cc1N2c1ccc(C(C)(C)C)c(-c2ccccc2)c1. The van der Waals surface area contributed by atoms with Crippen molar-refractivity contribution in [2.45, 2.75) is 157 Å². The second kappa shape index (κ2) is 22.3. The Balaban J connectivity index is 1.21. The normalized spacial score (nSPS) is 13.6. The van der Waals surface area contributed by atoms with E-state index in [4.69, 9.17) is 0 Å². The van der Waals surface area contributed by atoms with E-state index in [0.717, 1.165) is 28.4 Å². The van der Waals surface area contributed by atoms with Crippen molar-refractivity contribution in [2.24, 2.45) is 0 Å². The van der Waals surface area contributed by atoms with Crippen molar-refractivity contribution in [3.8, 4) is 50.2 Å². The van der Waals surface area contributed by atoms with Gasteiger partial charge in [0, 0.05) is 44.9 Å². The van der Waals surface area contributed by atoms with Crippen LogP contribution in [-0.4, -0.2) is 11.3 Å². The number of benzene rings is 11. The molecule has 0 aliphatic carbocycles. The molecule has 94 heavy (non-hydrogen) atoms. The number of fused-ring (bicyclic) bond motifs is 7. The summed E-state index contributed by atoms with van der Waals surface area (Å²) in [6.07, 6.45) is 0. The molecule has 14 rings (SSSR count). The molecule has 2 aliphatic heterocycles. The van der Waals surface area contributed by atoms with E-state index in [2.05, 4.69) is 370 Å². The average Bonchev–Trinajstić information content (AvgIpc) is 0.806. The van der Waals surface area contributed by atoms with Gasteiger partial charge in [-0.2, -0.15) is 0 Å². The Morgan fingerprint density at radius 3 is 0.883 bits per heavy atom. The summed E-state index contributed by atoms with van der Waals surface area (Å²) in [7, 11) is 0. The Hall–Kier alpha value is -9.12. The average molecular weight is 1230 g/mol. The van der Waals surface area contributed by atoms with Crippen LogP contribution in [0.2, 0.25) is 0 Å². The molecule has 0 amide bonds. The van der Waals surface area contributed by atoms with Gasteiger partial charge in [0.25, 0.3) is 6.71 Å². The van der Waals surface area contributed by atoms with Gasteiger partial charge in [-0.3, -0.25) is 0 Å². The van der Waals surface area contributed by atoms with Crippen LogP contribution in [0.4, 0.5) is 34.1 Å². The molecular weight excluding hydrogens is 1130 g/mol. The largest absolute Gasteiger partial charge is 0.311 e. The highest BCUT2D eigenvalue weighted by Crippen LogP contribution is 2.52. The summed E-state index contributed by atoms with van der Waals surface area (Å²) < 4.78 is 2.60. The Labute approximate surface area is 561 Å². The standard InChI is InChI=1S/C90H92BN3/c1-85(2,3)61-39-45-78-70(47-61)71-48-62(86(4,5)6)40-46-79(71)94(78)65-51-82-84-83(52-65)93(64-42-44-73(88(10,11)12)67(50-64)58-33-25-20-26-34-58)81-54-69(60-37-29-22-30-38-60)75(90(16,17)18)56-77(81)91(84)76-55-74(89(13,14)15)68(59-35-27-21-28-36-59)53-80(76)92(82)63-41-43-72(87(7,8)9)66(49-63)57-31-23-19-24-32-57/h19-56H,1-18H3. The molecule has 0 saturated carbocycles. The van der Waals surface area contributed by atoms with Gasteiger partial charge in [0.1, 0.15) is 0 Å². The number of aromatic nitrogens is 1. The van der Waals surface area contributed by atoms with E-state index >= 15 is 0 Å². The van der Waals surface area contributed by atoms with Crippen LogP contribution in [0.3, 0.4) is 0 Å². The van der Waals surface area contributed by atoms with Crippen LogP contribution in [0, 0.1) is 0 Å². The molecular formula is C90H92BN3. The molecule has 3 heterocycles. The monoisotopic (exact) mass is 1230 g/mol. The lowest BCUT2D eigenvalue weighted by molar-refractivity contribution is 0.590. The molecule has 3 nitrogen and oxygen atoms in total. The summed E-state index contributed by atoms with van der Waals surface area (Å²) in [6.45, 7) is 42.4. The highest BCUT2D eigenvalue weighted by Gasteiger charge is 2.46. The third-order valence-corrected chi connectivity index (χ3v) is 20.2. The molecule has 0 saturated heterocycles. The molecule has 0 radical (unpaired) electrons. The third-order valence-electron chi connectivity index (χ3n) is 20.2. The van der Waals surface area contributed by atoms with Gasteiger partial charge in [-0.1, -0.05) is 282 Å². The summed E-state index contributed by atoms with van der Waals surface area (Å²) in [5.41, 5.74) is 31.2. The van der Waals surface area contributed by atoms with E-state index < -0.39 is 0 Å². The van der Waals surface area contributed by atoms with Crippen LogP contribution in [0.25, 0.3) is 72.0 Å². The molecule has 12 aromatic rings. The molecule has 0 bridgehead atoms. The Kier molecular flexibility index (Phi) is 14.8. The maximum atomic E-state index is 2.68. The van der Waals surface area contributed by atoms with Crippen LogP contribution in [0.1, 0.15) is 158 Å².